The summed E-state index contributed by atoms with van der Waals surface area (Å²) in [5.41, 5.74) is 0. The molecule has 0 aromatic rings. The smallest absolute Gasteiger partial charge is 0.233 e. The van der Waals surface area contributed by atoms with Crippen LogP contribution in [0.25, 0.3) is 0 Å². The summed E-state index contributed by atoms with van der Waals surface area (Å²) >= 11 is 0. The lowest BCUT2D eigenvalue weighted by Crippen LogP contribution is -2.33. The zero-order chi connectivity index (χ0) is 10.4. The maximum atomic E-state index is 11.1. The van der Waals surface area contributed by atoms with Gasteiger partial charge in [-0.2, -0.15) is 0 Å². The zero-order valence-corrected chi connectivity index (χ0v) is 9.18. The minimum atomic E-state index is 0.0962. The predicted octanol–water partition coefficient (Wildman–Crippen LogP) is -0.336. The monoisotopic (exact) mass is 199 g/mol. The molecule has 1 amide bonds. The first-order chi connectivity index (χ1) is 6.72. The number of rotatable bonds is 5. The van der Waals surface area contributed by atoms with Crippen molar-refractivity contribution in [1.29, 1.82) is 0 Å². The number of nitrogens with zero attached hydrogens (tertiary/aromatic N) is 1. The summed E-state index contributed by atoms with van der Waals surface area (Å²) in [5, 5.41) is 5.74. The maximum Gasteiger partial charge on any atom is 0.233 e. The summed E-state index contributed by atoms with van der Waals surface area (Å²) < 4.78 is 0. The van der Waals surface area contributed by atoms with Gasteiger partial charge in [0, 0.05) is 13.1 Å². The maximum absolute atomic E-state index is 11.1. The molecule has 0 bridgehead atoms. The highest BCUT2D eigenvalue weighted by Gasteiger charge is 2.18. The van der Waals surface area contributed by atoms with Crippen LogP contribution in [0.4, 0.5) is 0 Å². The van der Waals surface area contributed by atoms with Gasteiger partial charge in [0.05, 0.1) is 6.54 Å². The highest BCUT2D eigenvalue weighted by Crippen LogP contribution is 2.16. The number of carbonyl (C=O) groups excluding carboxylic acids is 1. The summed E-state index contributed by atoms with van der Waals surface area (Å²) in [6.45, 7) is 3.63. The third-order valence-corrected chi connectivity index (χ3v) is 2.70. The van der Waals surface area contributed by atoms with Crippen molar-refractivity contribution in [3.63, 3.8) is 0 Å². The Morgan fingerprint density at radius 1 is 1.57 bits per heavy atom. The van der Waals surface area contributed by atoms with E-state index in [4.69, 9.17) is 0 Å². The van der Waals surface area contributed by atoms with Gasteiger partial charge in [-0.15, -0.1) is 0 Å². The van der Waals surface area contributed by atoms with Crippen LogP contribution in [0.15, 0.2) is 0 Å². The fourth-order valence-electron chi connectivity index (χ4n) is 1.90. The Balaban J connectivity index is 2.01. The van der Waals surface area contributed by atoms with Crippen LogP contribution in [0, 0.1) is 5.92 Å². The van der Waals surface area contributed by atoms with Crippen molar-refractivity contribution in [2.45, 2.75) is 12.8 Å². The molecule has 2 N–H and O–H groups in total. The summed E-state index contributed by atoms with van der Waals surface area (Å²) in [6, 6.07) is 0. The molecule has 82 valence electrons. The Morgan fingerprint density at radius 3 is 2.93 bits per heavy atom. The predicted molar refractivity (Wildman–Crippen MR) is 57.2 cm³/mol. The molecule has 4 heteroatoms. The van der Waals surface area contributed by atoms with Gasteiger partial charge in [-0.05, 0) is 39.4 Å². The van der Waals surface area contributed by atoms with Crippen LogP contribution in [-0.2, 0) is 4.79 Å². The zero-order valence-electron chi connectivity index (χ0n) is 9.18. The quantitative estimate of drug-likeness (QED) is 0.637. The van der Waals surface area contributed by atoms with E-state index in [-0.39, 0.29) is 5.91 Å². The molecule has 1 rings (SSSR count). The van der Waals surface area contributed by atoms with Crippen molar-refractivity contribution in [2.75, 3.05) is 40.3 Å². The van der Waals surface area contributed by atoms with E-state index in [1.807, 2.05) is 0 Å². The number of likely N-dealkylation sites (tertiary alicyclic amines) is 1. The van der Waals surface area contributed by atoms with E-state index in [2.05, 4.69) is 22.6 Å². The lowest BCUT2D eigenvalue weighted by atomic mass is 10.1. The van der Waals surface area contributed by atoms with Crippen molar-refractivity contribution < 1.29 is 4.79 Å². The van der Waals surface area contributed by atoms with E-state index >= 15 is 0 Å². The van der Waals surface area contributed by atoms with Gasteiger partial charge in [-0.1, -0.05) is 0 Å². The summed E-state index contributed by atoms with van der Waals surface area (Å²) in [7, 11) is 3.94. The molecule has 0 aromatic carbocycles. The molecule has 1 aliphatic heterocycles. The fraction of sp³-hybridized carbons (Fsp3) is 0.900. The Hall–Kier alpha value is -0.610. The lowest BCUT2D eigenvalue weighted by molar-refractivity contribution is -0.120. The Morgan fingerprint density at radius 2 is 2.36 bits per heavy atom. The van der Waals surface area contributed by atoms with Crippen molar-refractivity contribution in [1.82, 2.24) is 15.5 Å². The number of hydrogen-bond donors (Lipinski definition) is 2. The molecular weight excluding hydrogens is 178 g/mol. The average Bonchev–Trinajstić information content (AvgIpc) is 2.52. The minimum Gasteiger partial charge on any atom is -0.355 e. The van der Waals surface area contributed by atoms with Crippen molar-refractivity contribution in [3.8, 4) is 0 Å². The normalized spacial score (nSPS) is 22.6. The first-order valence-electron chi connectivity index (χ1n) is 5.32. The lowest BCUT2D eigenvalue weighted by Gasteiger charge is -2.10. The molecule has 0 aliphatic carbocycles. The fourth-order valence-corrected chi connectivity index (χ4v) is 1.90. The molecule has 0 radical (unpaired) electrons. The van der Waals surface area contributed by atoms with Gasteiger partial charge < -0.3 is 15.5 Å². The molecule has 1 atom stereocenters. The van der Waals surface area contributed by atoms with Crippen LogP contribution in [0.1, 0.15) is 12.8 Å². The SMILES string of the molecule is CNCC(=O)NCCC1CCN(C)C1. The van der Waals surface area contributed by atoms with Crippen molar-refractivity contribution >= 4 is 5.91 Å². The number of carbonyl (C=O) groups is 1. The van der Waals surface area contributed by atoms with Gasteiger partial charge in [0.15, 0.2) is 0 Å². The highest BCUT2D eigenvalue weighted by molar-refractivity contribution is 5.77. The van der Waals surface area contributed by atoms with Crippen LogP contribution in [0.2, 0.25) is 0 Å². The summed E-state index contributed by atoms with van der Waals surface area (Å²) in [6.07, 6.45) is 2.39. The Bertz CT molecular complexity index is 184. The van der Waals surface area contributed by atoms with E-state index in [1.54, 1.807) is 7.05 Å². The number of hydrogen-bond acceptors (Lipinski definition) is 3. The molecule has 1 unspecified atom stereocenters. The van der Waals surface area contributed by atoms with E-state index in [1.165, 1.54) is 19.5 Å². The van der Waals surface area contributed by atoms with Gasteiger partial charge in [0.2, 0.25) is 5.91 Å². The molecule has 1 fully saturated rings. The van der Waals surface area contributed by atoms with Crippen LogP contribution in [0.3, 0.4) is 0 Å². The van der Waals surface area contributed by atoms with Gasteiger partial charge in [-0.3, -0.25) is 4.79 Å². The second-order valence-electron chi connectivity index (χ2n) is 4.09. The van der Waals surface area contributed by atoms with Crippen LogP contribution in [0.5, 0.6) is 0 Å². The molecule has 4 nitrogen and oxygen atoms in total. The number of nitrogens with one attached hydrogen (secondary N) is 2. The van der Waals surface area contributed by atoms with Crippen molar-refractivity contribution in [3.05, 3.63) is 0 Å². The molecule has 1 heterocycles. The van der Waals surface area contributed by atoms with Crippen LogP contribution < -0.4 is 10.6 Å². The van der Waals surface area contributed by atoms with Gasteiger partial charge >= 0.3 is 0 Å². The largest absolute Gasteiger partial charge is 0.355 e. The third kappa shape index (κ3) is 4.07. The van der Waals surface area contributed by atoms with Gasteiger partial charge in [0.1, 0.15) is 0 Å². The van der Waals surface area contributed by atoms with Gasteiger partial charge in [-0.25, -0.2) is 0 Å². The standard InChI is InChI=1S/C10H21N3O/c1-11-7-10(14)12-5-3-9-4-6-13(2)8-9/h9,11H,3-8H2,1-2H3,(H,12,14). The molecule has 0 spiro atoms. The molecule has 14 heavy (non-hydrogen) atoms. The molecule has 0 saturated carbocycles. The number of amides is 1. The number of likely N-dealkylation sites (N-methyl/N-ethyl adjacent to an activating group) is 1. The summed E-state index contributed by atoms with van der Waals surface area (Å²) in [4.78, 5) is 13.4. The van der Waals surface area contributed by atoms with E-state index < -0.39 is 0 Å². The molecule has 0 aromatic heterocycles. The first-order valence-corrected chi connectivity index (χ1v) is 5.32. The van der Waals surface area contributed by atoms with E-state index in [9.17, 15) is 4.79 Å². The molecule has 1 aliphatic rings. The second-order valence-corrected chi connectivity index (χ2v) is 4.09. The van der Waals surface area contributed by atoms with E-state index in [0.29, 0.717) is 6.54 Å². The highest BCUT2D eigenvalue weighted by atomic mass is 16.1. The topological polar surface area (TPSA) is 44.4 Å². The van der Waals surface area contributed by atoms with Crippen LogP contribution >= 0.6 is 0 Å². The summed E-state index contributed by atoms with van der Waals surface area (Å²) in [5.74, 6) is 0.869. The molecular formula is C10H21N3O. The van der Waals surface area contributed by atoms with Gasteiger partial charge in [0.25, 0.3) is 0 Å². The minimum absolute atomic E-state index is 0.0962. The van der Waals surface area contributed by atoms with Crippen LogP contribution in [-0.4, -0.2) is 51.1 Å². The Labute approximate surface area is 86.0 Å². The first kappa shape index (κ1) is 11.5. The molecule has 1 saturated heterocycles. The third-order valence-electron chi connectivity index (χ3n) is 2.70. The average molecular weight is 199 g/mol. The van der Waals surface area contributed by atoms with E-state index in [0.717, 1.165) is 18.9 Å². The Kier molecular flexibility index (Phi) is 4.90. The van der Waals surface area contributed by atoms with Crippen molar-refractivity contribution in [2.24, 2.45) is 5.92 Å². The second kappa shape index (κ2) is 5.98.